The molecule has 170 valence electrons. The average molecular weight is 446 g/mol. The Balaban J connectivity index is 1.65. The Labute approximate surface area is 192 Å². The van der Waals surface area contributed by atoms with Crippen molar-refractivity contribution in [3.8, 4) is 11.9 Å². The zero-order valence-electron chi connectivity index (χ0n) is 19.1. The molecule has 2 fully saturated rings. The van der Waals surface area contributed by atoms with Gasteiger partial charge >= 0.3 is 0 Å². The summed E-state index contributed by atoms with van der Waals surface area (Å²) in [6.45, 7) is 4.64. The summed E-state index contributed by atoms with van der Waals surface area (Å²) in [6.07, 6.45) is 6.37. The monoisotopic (exact) mass is 445 g/mol. The van der Waals surface area contributed by atoms with Crippen molar-refractivity contribution in [1.29, 1.82) is 5.26 Å². The van der Waals surface area contributed by atoms with Gasteiger partial charge < -0.3 is 19.4 Å². The molecule has 3 aromatic rings. The summed E-state index contributed by atoms with van der Waals surface area (Å²) in [5, 5.41) is 13.0. The second-order valence-electron chi connectivity index (χ2n) is 9.11. The lowest BCUT2D eigenvalue weighted by Gasteiger charge is -2.30. The van der Waals surface area contributed by atoms with E-state index < -0.39 is 5.60 Å². The van der Waals surface area contributed by atoms with Gasteiger partial charge in [0.15, 0.2) is 0 Å². The van der Waals surface area contributed by atoms with E-state index >= 15 is 0 Å². The number of methoxy groups -OCH3 is 1. The molecule has 1 aliphatic carbocycles. The van der Waals surface area contributed by atoms with E-state index in [1.165, 1.54) is 6.92 Å². The number of rotatable bonds is 5. The first-order valence-electron chi connectivity index (χ1n) is 11.2. The quantitative estimate of drug-likeness (QED) is 0.638. The average Bonchev–Trinajstić information content (AvgIpc) is 3.38. The van der Waals surface area contributed by atoms with Crippen LogP contribution in [0, 0.1) is 24.2 Å². The molecule has 3 aromatic heterocycles. The number of anilines is 1. The molecule has 8 nitrogen and oxygen atoms in total. The van der Waals surface area contributed by atoms with Crippen LogP contribution in [0.15, 0.2) is 30.6 Å². The van der Waals surface area contributed by atoms with Crippen LogP contribution in [0.4, 0.5) is 5.82 Å². The Kier molecular flexibility index (Phi) is 5.39. The zero-order valence-corrected chi connectivity index (χ0v) is 19.1. The smallest absolute Gasteiger partial charge is 0.222 e. The molecular weight excluding hydrogens is 418 g/mol. The third-order valence-corrected chi connectivity index (χ3v) is 6.83. The fraction of sp³-hybridized carbons (Fsp3) is 0.440. The molecule has 0 aromatic carbocycles. The van der Waals surface area contributed by atoms with Gasteiger partial charge in [-0.25, -0.2) is 9.97 Å². The second-order valence-corrected chi connectivity index (χ2v) is 9.11. The van der Waals surface area contributed by atoms with Crippen LogP contribution in [0.1, 0.15) is 48.9 Å². The third kappa shape index (κ3) is 3.77. The first-order valence-corrected chi connectivity index (χ1v) is 11.2. The van der Waals surface area contributed by atoms with Crippen LogP contribution in [-0.4, -0.2) is 40.8 Å². The number of fused-ring (bicyclic) bond motifs is 1. The maximum absolute atomic E-state index is 11.6. The number of nitriles is 1. The molecule has 1 N–H and O–H groups in total. The number of amides is 1. The molecule has 1 unspecified atom stereocenters. The lowest BCUT2D eigenvalue weighted by atomic mass is 9.72. The Morgan fingerprint density at radius 3 is 2.85 bits per heavy atom. The summed E-state index contributed by atoms with van der Waals surface area (Å²) >= 11 is 0. The second kappa shape index (κ2) is 8.25. The van der Waals surface area contributed by atoms with Gasteiger partial charge in [-0.3, -0.25) is 4.79 Å². The molecule has 5 rings (SSSR count). The van der Waals surface area contributed by atoms with Crippen LogP contribution >= 0.6 is 0 Å². The van der Waals surface area contributed by atoms with E-state index in [0.29, 0.717) is 24.9 Å². The standard InChI is InChI=1S/C25H27N5O3/c1-15-6-22(25(32-3)4-5-33-14-25)29-24(7-15)30-13-20(18-8-17(9-18)11-26)19-12-27-23(10-21(19)30)28-16(2)31/h6-7,10,12-13,17-18H,4-5,8-9,14H2,1-3H3,(H,27,28,31). The molecule has 0 radical (unpaired) electrons. The number of hydrogen-bond donors (Lipinski definition) is 1. The van der Waals surface area contributed by atoms with E-state index in [4.69, 9.17) is 14.5 Å². The van der Waals surface area contributed by atoms with Gasteiger partial charge in [-0.2, -0.15) is 5.26 Å². The largest absolute Gasteiger partial charge is 0.378 e. The molecule has 1 saturated heterocycles. The minimum absolute atomic E-state index is 0.104. The molecule has 33 heavy (non-hydrogen) atoms. The van der Waals surface area contributed by atoms with Crippen LogP contribution < -0.4 is 5.32 Å². The van der Waals surface area contributed by atoms with Crippen LogP contribution in [0.2, 0.25) is 0 Å². The van der Waals surface area contributed by atoms with Crippen molar-refractivity contribution in [3.63, 3.8) is 0 Å². The van der Waals surface area contributed by atoms with Crippen molar-refractivity contribution in [2.45, 2.75) is 44.6 Å². The van der Waals surface area contributed by atoms with Gasteiger partial charge in [0.2, 0.25) is 5.91 Å². The SMILES string of the molecule is COC1(c2cc(C)cc(-n3cc(C4CC(C#N)C4)c4cnc(NC(C)=O)cc43)n2)CCOC1. The fourth-order valence-electron chi connectivity index (χ4n) is 4.90. The van der Waals surface area contributed by atoms with Gasteiger partial charge in [0.1, 0.15) is 17.2 Å². The summed E-state index contributed by atoms with van der Waals surface area (Å²) < 4.78 is 13.6. The Bertz CT molecular complexity index is 1260. The number of hydrogen-bond acceptors (Lipinski definition) is 6. The summed E-state index contributed by atoms with van der Waals surface area (Å²) in [7, 11) is 1.70. The summed E-state index contributed by atoms with van der Waals surface area (Å²) in [5.41, 5.74) is 3.45. The van der Waals surface area contributed by atoms with Crippen molar-refractivity contribution in [2.75, 3.05) is 25.6 Å². The third-order valence-electron chi connectivity index (χ3n) is 6.83. The summed E-state index contributed by atoms with van der Waals surface area (Å²) in [5.74, 6) is 1.52. The minimum Gasteiger partial charge on any atom is -0.378 e. The van der Waals surface area contributed by atoms with E-state index in [1.807, 2.05) is 25.3 Å². The van der Waals surface area contributed by atoms with Crippen molar-refractivity contribution in [2.24, 2.45) is 5.92 Å². The number of carbonyl (C=O) groups is 1. The molecular formula is C25H27N5O3. The van der Waals surface area contributed by atoms with Gasteiger partial charge in [-0.05, 0) is 48.9 Å². The maximum atomic E-state index is 11.6. The van der Waals surface area contributed by atoms with E-state index in [1.54, 1.807) is 7.11 Å². The Hall–Kier alpha value is -3.28. The first kappa shape index (κ1) is 21.6. The number of aryl methyl sites for hydroxylation is 1. The number of ether oxygens (including phenoxy) is 2. The highest BCUT2D eigenvalue weighted by molar-refractivity contribution is 5.92. The number of carbonyl (C=O) groups excluding carboxylic acids is 1. The van der Waals surface area contributed by atoms with E-state index in [2.05, 4.69) is 33.2 Å². The molecule has 0 bridgehead atoms. The normalized spacial score (nSPS) is 24.4. The molecule has 0 spiro atoms. The molecule has 1 atom stereocenters. The molecule has 1 amide bonds. The van der Waals surface area contributed by atoms with Crippen LogP contribution in [-0.2, 0) is 19.9 Å². The molecule has 1 aliphatic heterocycles. The number of pyridine rings is 2. The Morgan fingerprint density at radius 1 is 1.36 bits per heavy atom. The van der Waals surface area contributed by atoms with Crippen molar-refractivity contribution in [3.05, 3.63) is 47.4 Å². The maximum Gasteiger partial charge on any atom is 0.222 e. The summed E-state index contributed by atoms with van der Waals surface area (Å²) in [4.78, 5) is 21.1. The topological polar surface area (TPSA) is 102 Å². The minimum atomic E-state index is -0.552. The van der Waals surface area contributed by atoms with Crippen LogP contribution in [0.25, 0.3) is 16.7 Å². The van der Waals surface area contributed by atoms with E-state index in [9.17, 15) is 10.1 Å². The van der Waals surface area contributed by atoms with Crippen molar-refractivity contribution in [1.82, 2.24) is 14.5 Å². The highest BCUT2D eigenvalue weighted by atomic mass is 16.5. The van der Waals surface area contributed by atoms with Gasteiger partial charge in [-0.1, -0.05) is 0 Å². The van der Waals surface area contributed by atoms with Gasteiger partial charge in [0, 0.05) is 56.8 Å². The zero-order chi connectivity index (χ0) is 23.2. The van der Waals surface area contributed by atoms with Gasteiger partial charge in [-0.15, -0.1) is 0 Å². The van der Waals surface area contributed by atoms with Crippen LogP contribution in [0.5, 0.6) is 0 Å². The van der Waals surface area contributed by atoms with Crippen molar-refractivity contribution >= 4 is 22.6 Å². The van der Waals surface area contributed by atoms with Crippen molar-refractivity contribution < 1.29 is 14.3 Å². The predicted molar refractivity (Wildman–Crippen MR) is 123 cm³/mol. The number of nitrogens with one attached hydrogen (secondary N) is 1. The van der Waals surface area contributed by atoms with Gasteiger partial charge in [0.25, 0.3) is 0 Å². The molecule has 4 heterocycles. The molecule has 1 saturated carbocycles. The highest BCUT2D eigenvalue weighted by Gasteiger charge is 2.39. The van der Waals surface area contributed by atoms with Crippen LogP contribution in [0.3, 0.4) is 0 Å². The lowest BCUT2D eigenvalue weighted by Crippen LogP contribution is -2.30. The predicted octanol–water partition coefficient (Wildman–Crippen LogP) is 3.97. The van der Waals surface area contributed by atoms with Gasteiger partial charge in [0.05, 0.1) is 23.9 Å². The first-order chi connectivity index (χ1) is 15.9. The molecule has 2 aliphatic rings. The lowest BCUT2D eigenvalue weighted by molar-refractivity contribution is -0.114. The van der Waals surface area contributed by atoms with E-state index in [0.717, 1.165) is 52.8 Å². The molecule has 8 heteroatoms. The Morgan fingerprint density at radius 2 is 2.18 bits per heavy atom. The highest BCUT2D eigenvalue weighted by Crippen LogP contribution is 2.45. The number of aromatic nitrogens is 3. The van der Waals surface area contributed by atoms with E-state index in [-0.39, 0.29) is 11.8 Å². The number of nitrogens with zero attached hydrogens (tertiary/aromatic N) is 4. The fourth-order valence-corrected chi connectivity index (χ4v) is 4.90. The summed E-state index contributed by atoms with van der Waals surface area (Å²) in [6, 6.07) is 8.35.